The molecule has 0 aliphatic heterocycles. The lowest BCUT2D eigenvalue weighted by molar-refractivity contribution is -0.154. The first-order valence-corrected chi connectivity index (χ1v) is 8.22. The minimum absolute atomic E-state index is 0.0598. The highest BCUT2D eigenvalue weighted by Gasteiger charge is 2.33. The topological polar surface area (TPSA) is 65.5 Å². The molecule has 2 aromatic rings. The minimum atomic E-state index is -4.62. The van der Waals surface area contributed by atoms with Crippen LogP contribution < -0.4 is 4.74 Å². The van der Waals surface area contributed by atoms with Crippen LogP contribution in [0, 0.1) is 0 Å². The summed E-state index contributed by atoms with van der Waals surface area (Å²) in [5.74, 6) is -0.791. The lowest BCUT2D eigenvalue weighted by Crippen LogP contribution is -2.24. The second kappa shape index (κ2) is 7.54. The predicted octanol–water partition coefficient (Wildman–Crippen LogP) is 4.57. The van der Waals surface area contributed by atoms with Gasteiger partial charge in [0.2, 0.25) is 0 Å². The van der Waals surface area contributed by atoms with E-state index in [4.69, 9.17) is 9.47 Å². The fraction of sp³-hybridized carbons (Fsp3) is 0.421. The molecule has 27 heavy (non-hydrogen) atoms. The van der Waals surface area contributed by atoms with E-state index < -0.39 is 29.2 Å². The Hall–Kier alpha value is -2.64. The summed E-state index contributed by atoms with van der Waals surface area (Å²) in [5, 5.41) is 0.233. The van der Waals surface area contributed by atoms with E-state index in [1.165, 1.54) is 25.3 Å². The summed E-state index contributed by atoms with van der Waals surface area (Å²) in [6.07, 6.45) is -4.87. The Morgan fingerprint density at radius 3 is 2.26 bits per heavy atom. The summed E-state index contributed by atoms with van der Waals surface area (Å²) >= 11 is 0. The molecule has 5 nitrogen and oxygen atoms in total. The molecule has 0 fully saturated rings. The Bertz CT molecular complexity index is 870. The molecule has 0 spiro atoms. The summed E-state index contributed by atoms with van der Waals surface area (Å²) in [7, 11) is 1.31. The summed E-state index contributed by atoms with van der Waals surface area (Å²) in [6, 6.07) is 4.84. The van der Waals surface area contributed by atoms with Crippen LogP contribution in [0.2, 0.25) is 0 Å². The maximum absolute atomic E-state index is 12.9. The van der Waals surface area contributed by atoms with Crippen LogP contribution >= 0.6 is 0 Å². The average Bonchev–Trinajstić information content (AvgIpc) is 2.55. The number of hydrogen-bond donors (Lipinski definition) is 0. The third kappa shape index (κ3) is 5.18. The third-order valence-corrected chi connectivity index (χ3v) is 3.61. The van der Waals surface area contributed by atoms with Crippen LogP contribution in [0.15, 0.2) is 24.3 Å². The molecule has 0 unspecified atom stereocenters. The maximum atomic E-state index is 12.9. The van der Waals surface area contributed by atoms with Gasteiger partial charge in [0, 0.05) is 17.4 Å². The van der Waals surface area contributed by atoms with Gasteiger partial charge in [0.15, 0.2) is 5.78 Å². The monoisotopic (exact) mass is 383 g/mol. The number of halogens is 3. The Morgan fingerprint density at radius 1 is 1.04 bits per heavy atom. The van der Waals surface area contributed by atoms with Gasteiger partial charge in [-0.25, -0.2) is 4.98 Å². The lowest BCUT2D eigenvalue weighted by Gasteiger charge is -2.19. The predicted molar refractivity (Wildman–Crippen MR) is 92.7 cm³/mol. The Morgan fingerprint density at radius 2 is 1.70 bits per heavy atom. The van der Waals surface area contributed by atoms with Gasteiger partial charge < -0.3 is 9.47 Å². The highest BCUT2D eigenvalue weighted by Crippen LogP contribution is 2.33. The number of ketones is 1. The van der Waals surface area contributed by atoms with Crippen LogP contribution in [0.4, 0.5) is 13.2 Å². The highest BCUT2D eigenvalue weighted by atomic mass is 19.4. The van der Waals surface area contributed by atoms with Crippen molar-refractivity contribution in [2.75, 3.05) is 7.11 Å². The van der Waals surface area contributed by atoms with Crippen molar-refractivity contribution in [2.45, 2.75) is 45.4 Å². The number of esters is 1. The van der Waals surface area contributed by atoms with Crippen molar-refractivity contribution in [3.05, 3.63) is 35.5 Å². The zero-order valence-corrected chi connectivity index (χ0v) is 15.4. The van der Waals surface area contributed by atoms with Crippen LogP contribution in [0.25, 0.3) is 10.9 Å². The molecule has 0 aliphatic rings. The molecule has 0 amide bonds. The van der Waals surface area contributed by atoms with E-state index in [1.807, 2.05) is 0 Å². The van der Waals surface area contributed by atoms with E-state index in [2.05, 4.69) is 4.98 Å². The molecule has 2 rings (SSSR count). The molecule has 0 atom stereocenters. The number of carbonyl (C=O) groups is 2. The molecule has 146 valence electrons. The van der Waals surface area contributed by atoms with Gasteiger partial charge in [-0.3, -0.25) is 9.59 Å². The van der Waals surface area contributed by atoms with Gasteiger partial charge in [-0.2, -0.15) is 13.2 Å². The second-order valence-corrected chi connectivity index (χ2v) is 6.92. The molecule has 0 radical (unpaired) electrons. The van der Waals surface area contributed by atoms with Crippen LogP contribution in [0.1, 0.15) is 49.7 Å². The van der Waals surface area contributed by atoms with E-state index in [-0.39, 0.29) is 35.1 Å². The molecule has 0 bridgehead atoms. The number of ether oxygens (including phenoxy) is 2. The van der Waals surface area contributed by atoms with Crippen molar-refractivity contribution in [1.82, 2.24) is 4.98 Å². The number of carbonyl (C=O) groups excluding carboxylic acids is 2. The summed E-state index contributed by atoms with van der Waals surface area (Å²) in [5.41, 5.74) is -1.62. The average molecular weight is 383 g/mol. The molecule has 0 aliphatic carbocycles. The highest BCUT2D eigenvalue weighted by molar-refractivity contribution is 6.09. The first kappa shape index (κ1) is 20.7. The van der Waals surface area contributed by atoms with E-state index in [1.54, 1.807) is 20.8 Å². The van der Waals surface area contributed by atoms with Gasteiger partial charge in [0.25, 0.3) is 0 Å². The molecule has 1 heterocycles. The van der Waals surface area contributed by atoms with Crippen molar-refractivity contribution in [3.63, 3.8) is 0 Å². The smallest absolute Gasteiger partial charge is 0.433 e. The van der Waals surface area contributed by atoms with Gasteiger partial charge >= 0.3 is 12.1 Å². The molecule has 0 saturated carbocycles. The van der Waals surface area contributed by atoms with E-state index in [9.17, 15) is 22.8 Å². The molecule has 0 saturated heterocycles. The third-order valence-electron chi connectivity index (χ3n) is 3.61. The summed E-state index contributed by atoms with van der Waals surface area (Å²) in [6.45, 7) is 5.15. The molecule has 8 heteroatoms. The molecular formula is C19H20F3NO4. The van der Waals surface area contributed by atoms with Crippen molar-refractivity contribution >= 4 is 22.7 Å². The fourth-order valence-corrected chi connectivity index (χ4v) is 2.50. The molecule has 1 aromatic heterocycles. The number of aromatic nitrogens is 1. The van der Waals surface area contributed by atoms with E-state index in [0.717, 1.165) is 6.07 Å². The zero-order valence-electron chi connectivity index (χ0n) is 15.4. The number of Topliss-reactive ketones (excluding diaryl/α,β-unsaturated/α-hetero) is 1. The first-order chi connectivity index (χ1) is 12.4. The number of rotatable bonds is 5. The Balaban J connectivity index is 2.33. The second-order valence-electron chi connectivity index (χ2n) is 6.92. The van der Waals surface area contributed by atoms with E-state index in [0.29, 0.717) is 0 Å². The van der Waals surface area contributed by atoms with Gasteiger partial charge in [-0.15, -0.1) is 0 Å². The maximum Gasteiger partial charge on any atom is 0.433 e. The lowest BCUT2D eigenvalue weighted by atomic mass is 10.0. The normalized spacial score (nSPS) is 12.1. The zero-order chi connectivity index (χ0) is 20.4. The quantitative estimate of drug-likeness (QED) is 0.559. The number of fused-ring (bicyclic) bond motifs is 1. The summed E-state index contributed by atoms with van der Waals surface area (Å²) < 4.78 is 49.0. The number of alkyl halides is 3. The summed E-state index contributed by atoms with van der Waals surface area (Å²) in [4.78, 5) is 27.9. The van der Waals surface area contributed by atoms with Crippen LogP contribution in [0.5, 0.6) is 5.75 Å². The largest absolute Gasteiger partial charge is 0.494 e. The SMILES string of the molecule is COc1ccc(C(=O)CCC(=O)OC(C)(C)C)c2ccc(C(F)(F)F)nc12. The number of nitrogens with zero attached hydrogens (tertiary/aromatic N) is 1. The fourth-order valence-electron chi connectivity index (χ4n) is 2.50. The first-order valence-electron chi connectivity index (χ1n) is 8.22. The van der Waals surface area contributed by atoms with Gasteiger partial charge in [0.05, 0.1) is 13.5 Å². The standard InChI is InChI=1S/C19H20F3NO4/c1-18(2,3)27-16(25)10-7-13(24)11-5-8-14(26-4)17-12(11)6-9-15(23-17)19(20,21)22/h5-6,8-9H,7,10H2,1-4H3. The number of pyridine rings is 1. The van der Waals surface area contributed by atoms with Crippen LogP contribution in [-0.2, 0) is 15.7 Å². The van der Waals surface area contributed by atoms with Crippen molar-refractivity contribution in [2.24, 2.45) is 0 Å². The van der Waals surface area contributed by atoms with Crippen molar-refractivity contribution in [3.8, 4) is 5.75 Å². The Labute approximate surface area is 154 Å². The number of benzene rings is 1. The van der Waals surface area contributed by atoms with Crippen LogP contribution in [0.3, 0.4) is 0 Å². The molecule has 0 N–H and O–H groups in total. The van der Waals surface area contributed by atoms with Gasteiger partial charge in [-0.05, 0) is 45.0 Å². The number of hydrogen-bond acceptors (Lipinski definition) is 5. The van der Waals surface area contributed by atoms with Gasteiger partial charge in [0.1, 0.15) is 22.6 Å². The van der Waals surface area contributed by atoms with Crippen molar-refractivity contribution in [1.29, 1.82) is 0 Å². The molecule has 1 aromatic carbocycles. The van der Waals surface area contributed by atoms with Crippen molar-refractivity contribution < 1.29 is 32.2 Å². The van der Waals surface area contributed by atoms with E-state index >= 15 is 0 Å². The minimum Gasteiger partial charge on any atom is -0.494 e. The Kier molecular flexibility index (Phi) is 5.77. The van der Waals surface area contributed by atoms with Crippen LogP contribution in [-0.4, -0.2) is 29.4 Å². The molecular weight excluding hydrogens is 363 g/mol. The van der Waals surface area contributed by atoms with Gasteiger partial charge in [-0.1, -0.05) is 0 Å². The number of methoxy groups -OCH3 is 1.